The van der Waals surface area contributed by atoms with Crippen molar-refractivity contribution < 1.29 is 4.21 Å². The Balaban J connectivity index is 2.90. The molecule has 0 aliphatic rings. The maximum atomic E-state index is 11.4. The number of benzene rings is 1. The molecule has 1 unspecified atom stereocenters. The van der Waals surface area contributed by atoms with E-state index in [1.54, 1.807) is 9.49 Å². The smallest absolute Gasteiger partial charge is 0.0780 e. The van der Waals surface area contributed by atoms with Crippen molar-refractivity contribution in [1.82, 2.24) is 0 Å². The fraction of sp³-hybridized carbons (Fsp3) is 0.111. The van der Waals surface area contributed by atoms with Crippen molar-refractivity contribution in [2.24, 2.45) is 0 Å². The largest absolute Gasteiger partial charge is 0.250 e. The SMILES string of the molecule is Cc1ccc(S(=O)/C=C/I)cc1. The van der Waals surface area contributed by atoms with E-state index >= 15 is 0 Å². The predicted octanol–water partition coefficient (Wildman–Crippen LogP) is 3.01. The van der Waals surface area contributed by atoms with Gasteiger partial charge in [0.1, 0.15) is 0 Å². The monoisotopic (exact) mass is 292 g/mol. The minimum absolute atomic E-state index is 0.855. The topological polar surface area (TPSA) is 17.1 Å². The first-order chi connectivity index (χ1) is 5.74. The highest BCUT2D eigenvalue weighted by atomic mass is 127. The van der Waals surface area contributed by atoms with Crippen molar-refractivity contribution in [2.45, 2.75) is 11.8 Å². The number of rotatable bonds is 2. The zero-order valence-corrected chi connectivity index (χ0v) is 9.63. The number of halogens is 1. The molecule has 0 radical (unpaired) electrons. The Labute approximate surface area is 88.5 Å². The normalized spacial score (nSPS) is 13.5. The molecule has 1 nitrogen and oxygen atoms in total. The lowest BCUT2D eigenvalue weighted by atomic mass is 10.2. The Morgan fingerprint density at radius 1 is 1.33 bits per heavy atom. The van der Waals surface area contributed by atoms with E-state index in [9.17, 15) is 4.21 Å². The van der Waals surface area contributed by atoms with E-state index in [4.69, 9.17) is 0 Å². The second-order valence-electron chi connectivity index (χ2n) is 2.37. The van der Waals surface area contributed by atoms with Crippen LogP contribution in [0.15, 0.2) is 38.7 Å². The summed E-state index contributed by atoms with van der Waals surface area (Å²) in [6, 6.07) is 7.71. The predicted molar refractivity (Wildman–Crippen MR) is 60.7 cm³/mol. The maximum absolute atomic E-state index is 11.4. The molecule has 64 valence electrons. The van der Waals surface area contributed by atoms with Crippen molar-refractivity contribution in [3.63, 3.8) is 0 Å². The third-order valence-electron chi connectivity index (χ3n) is 1.43. The van der Waals surface area contributed by atoms with Gasteiger partial charge in [0.05, 0.1) is 10.8 Å². The van der Waals surface area contributed by atoms with Gasteiger partial charge in [-0.3, -0.25) is 0 Å². The number of hydrogen-bond donors (Lipinski definition) is 0. The molecule has 0 heterocycles. The molecule has 0 saturated heterocycles. The summed E-state index contributed by atoms with van der Waals surface area (Å²) in [7, 11) is -0.980. The zero-order valence-electron chi connectivity index (χ0n) is 6.66. The summed E-state index contributed by atoms with van der Waals surface area (Å²) < 4.78 is 13.1. The third-order valence-corrected chi connectivity index (χ3v) is 3.40. The van der Waals surface area contributed by atoms with E-state index in [2.05, 4.69) is 22.6 Å². The third kappa shape index (κ3) is 2.71. The molecule has 0 aliphatic carbocycles. The second kappa shape index (κ2) is 4.77. The zero-order chi connectivity index (χ0) is 8.97. The summed E-state index contributed by atoms with van der Waals surface area (Å²) in [5, 5.41) is 1.67. The van der Waals surface area contributed by atoms with Gasteiger partial charge in [-0.1, -0.05) is 40.3 Å². The average Bonchev–Trinajstić information content (AvgIpc) is 2.06. The summed E-state index contributed by atoms with van der Waals surface area (Å²) in [5.41, 5.74) is 1.19. The Hall–Kier alpha value is -0.160. The van der Waals surface area contributed by atoms with Gasteiger partial charge >= 0.3 is 0 Å². The average molecular weight is 292 g/mol. The van der Waals surface area contributed by atoms with Crippen LogP contribution in [0, 0.1) is 6.92 Å². The van der Waals surface area contributed by atoms with Gasteiger partial charge in [0, 0.05) is 10.3 Å². The van der Waals surface area contributed by atoms with Crippen LogP contribution in [0.4, 0.5) is 0 Å². The molecule has 0 aliphatic heterocycles. The molecule has 12 heavy (non-hydrogen) atoms. The molecule has 1 aromatic rings. The molecule has 0 fully saturated rings. The summed E-state index contributed by atoms with van der Waals surface area (Å²) in [4.78, 5) is 0.855. The van der Waals surface area contributed by atoms with E-state index < -0.39 is 10.8 Å². The van der Waals surface area contributed by atoms with Crippen LogP contribution in [0.2, 0.25) is 0 Å². The molecule has 0 saturated carbocycles. The Morgan fingerprint density at radius 2 is 1.92 bits per heavy atom. The molecule has 0 aromatic heterocycles. The Kier molecular flexibility index (Phi) is 3.94. The van der Waals surface area contributed by atoms with Gasteiger partial charge in [-0.15, -0.1) is 0 Å². The quantitative estimate of drug-likeness (QED) is 0.766. The summed E-state index contributed by atoms with van der Waals surface area (Å²) in [5.74, 6) is 0. The maximum Gasteiger partial charge on any atom is 0.0780 e. The van der Waals surface area contributed by atoms with Gasteiger partial charge in [-0.2, -0.15) is 0 Å². The lowest BCUT2D eigenvalue weighted by Crippen LogP contribution is -1.85. The summed E-state index contributed by atoms with van der Waals surface area (Å²) >= 11 is 2.06. The number of aryl methyl sites for hydroxylation is 1. The van der Waals surface area contributed by atoms with Crippen LogP contribution in [0.1, 0.15) is 5.56 Å². The minimum Gasteiger partial charge on any atom is -0.250 e. The van der Waals surface area contributed by atoms with Crippen molar-refractivity contribution in [2.75, 3.05) is 0 Å². The van der Waals surface area contributed by atoms with Crippen LogP contribution in [-0.4, -0.2) is 4.21 Å². The molecule has 1 aromatic carbocycles. The first kappa shape index (κ1) is 9.92. The van der Waals surface area contributed by atoms with E-state index in [1.165, 1.54) is 5.56 Å². The van der Waals surface area contributed by atoms with Crippen LogP contribution < -0.4 is 0 Å². The van der Waals surface area contributed by atoms with Crippen LogP contribution >= 0.6 is 22.6 Å². The minimum atomic E-state index is -0.980. The van der Waals surface area contributed by atoms with E-state index in [1.807, 2.05) is 31.2 Å². The highest BCUT2D eigenvalue weighted by Gasteiger charge is 1.96. The standard InChI is InChI=1S/C9H9IOS/c1-8-2-4-9(5-3-8)12(11)7-6-10/h2-7H,1H3/b7-6+. The summed E-state index contributed by atoms with van der Waals surface area (Å²) in [6.07, 6.45) is 0. The van der Waals surface area contributed by atoms with Crippen LogP contribution in [0.25, 0.3) is 0 Å². The Morgan fingerprint density at radius 3 is 2.42 bits per heavy atom. The molecule has 0 N–H and O–H groups in total. The van der Waals surface area contributed by atoms with E-state index in [0.717, 1.165) is 4.90 Å². The van der Waals surface area contributed by atoms with Crippen molar-refractivity contribution in [3.05, 3.63) is 39.3 Å². The van der Waals surface area contributed by atoms with E-state index in [0.29, 0.717) is 0 Å². The second-order valence-corrected chi connectivity index (χ2v) is 4.43. The van der Waals surface area contributed by atoms with Crippen LogP contribution in [-0.2, 0) is 10.8 Å². The van der Waals surface area contributed by atoms with Gasteiger partial charge in [0.2, 0.25) is 0 Å². The van der Waals surface area contributed by atoms with Gasteiger partial charge in [-0.25, -0.2) is 4.21 Å². The number of hydrogen-bond acceptors (Lipinski definition) is 1. The van der Waals surface area contributed by atoms with Crippen LogP contribution in [0.3, 0.4) is 0 Å². The van der Waals surface area contributed by atoms with Crippen molar-refractivity contribution in [3.8, 4) is 0 Å². The fourth-order valence-corrected chi connectivity index (χ4v) is 2.25. The highest BCUT2D eigenvalue weighted by Crippen LogP contribution is 2.09. The molecule has 0 amide bonds. The van der Waals surface area contributed by atoms with E-state index in [-0.39, 0.29) is 0 Å². The molecular formula is C9H9IOS. The Bertz CT molecular complexity index is 303. The van der Waals surface area contributed by atoms with Gasteiger partial charge in [-0.05, 0) is 23.1 Å². The lowest BCUT2D eigenvalue weighted by molar-refractivity contribution is 0.688. The lowest BCUT2D eigenvalue weighted by Gasteiger charge is -1.96. The first-order valence-electron chi connectivity index (χ1n) is 3.48. The molecule has 0 spiro atoms. The fourth-order valence-electron chi connectivity index (χ4n) is 0.798. The van der Waals surface area contributed by atoms with Gasteiger partial charge in [0.25, 0.3) is 0 Å². The van der Waals surface area contributed by atoms with Crippen molar-refractivity contribution >= 4 is 33.4 Å². The molecular weight excluding hydrogens is 283 g/mol. The highest BCUT2D eigenvalue weighted by molar-refractivity contribution is 14.1. The van der Waals surface area contributed by atoms with Gasteiger partial charge in [0.15, 0.2) is 0 Å². The van der Waals surface area contributed by atoms with Crippen LogP contribution in [0.5, 0.6) is 0 Å². The first-order valence-corrected chi connectivity index (χ1v) is 5.94. The molecule has 1 rings (SSSR count). The molecule has 0 bridgehead atoms. The molecule has 3 heteroatoms. The van der Waals surface area contributed by atoms with Gasteiger partial charge < -0.3 is 0 Å². The molecule has 1 atom stereocenters. The summed E-state index contributed by atoms with van der Waals surface area (Å²) in [6.45, 7) is 2.01. The van der Waals surface area contributed by atoms with Crippen molar-refractivity contribution in [1.29, 1.82) is 0 Å².